The molecule has 0 saturated carbocycles. The van der Waals surface area contributed by atoms with Gasteiger partial charge in [0, 0.05) is 15.4 Å². The molecule has 0 amide bonds. The number of hydrogen-bond donors (Lipinski definition) is 0. The second-order valence-electron chi connectivity index (χ2n) is 3.90. The molecule has 19 heavy (non-hydrogen) atoms. The Morgan fingerprint density at radius 2 is 1.58 bits per heavy atom. The summed E-state index contributed by atoms with van der Waals surface area (Å²) in [5.74, 6) is -0.177. The van der Waals surface area contributed by atoms with E-state index in [2.05, 4.69) is 31.9 Å². The highest BCUT2D eigenvalue weighted by Crippen LogP contribution is 2.30. The van der Waals surface area contributed by atoms with Gasteiger partial charge >= 0.3 is 0 Å². The molecule has 2 aromatic rings. The Labute approximate surface area is 138 Å². The number of benzene rings is 2. The fourth-order valence-electron chi connectivity index (χ4n) is 1.67. The smallest absolute Gasteiger partial charge is 0.196 e. The average Bonchev–Trinajstić information content (AvgIpc) is 2.38. The highest BCUT2D eigenvalue weighted by Gasteiger charge is 2.17. The molecule has 0 heterocycles. The number of hydrogen-bond acceptors (Lipinski definition) is 1. The molecule has 0 atom stereocenters. The molecule has 1 nitrogen and oxygen atoms in total. The van der Waals surface area contributed by atoms with Crippen LogP contribution in [-0.4, -0.2) is 5.78 Å². The lowest BCUT2D eigenvalue weighted by molar-refractivity contribution is 0.103. The third-order valence-corrected chi connectivity index (χ3v) is 4.36. The molecule has 0 aliphatic heterocycles. The Bertz CT molecular complexity index is 601. The van der Waals surface area contributed by atoms with Gasteiger partial charge in [-0.2, -0.15) is 0 Å². The third kappa shape index (κ3) is 3.40. The van der Waals surface area contributed by atoms with Crippen LogP contribution < -0.4 is 0 Å². The topological polar surface area (TPSA) is 17.1 Å². The van der Waals surface area contributed by atoms with E-state index >= 15 is 0 Å². The standard InChI is InChI=1S/C14H8Br2Cl2O/c15-7-8-5-11(17)13(12(18)6-8)14(19)9-1-3-10(16)4-2-9/h1-6H,7H2. The minimum absolute atomic E-state index is 0.177. The first-order valence-electron chi connectivity index (χ1n) is 5.37. The zero-order valence-electron chi connectivity index (χ0n) is 9.59. The van der Waals surface area contributed by atoms with Crippen molar-refractivity contribution in [2.75, 3.05) is 0 Å². The van der Waals surface area contributed by atoms with Gasteiger partial charge in [-0.3, -0.25) is 4.79 Å². The van der Waals surface area contributed by atoms with E-state index in [-0.39, 0.29) is 5.78 Å². The van der Waals surface area contributed by atoms with Gasteiger partial charge in [0.05, 0.1) is 15.6 Å². The van der Waals surface area contributed by atoms with E-state index < -0.39 is 0 Å². The minimum atomic E-state index is -0.177. The molecule has 0 N–H and O–H groups in total. The molecular weight excluding hydrogens is 415 g/mol. The van der Waals surface area contributed by atoms with E-state index in [4.69, 9.17) is 23.2 Å². The van der Waals surface area contributed by atoms with E-state index in [1.807, 2.05) is 12.1 Å². The van der Waals surface area contributed by atoms with Crippen LogP contribution in [0.1, 0.15) is 21.5 Å². The van der Waals surface area contributed by atoms with E-state index in [1.165, 1.54) is 0 Å². The highest BCUT2D eigenvalue weighted by atomic mass is 79.9. The van der Waals surface area contributed by atoms with Gasteiger partial charge in [0.25, 0.3) is 0 Å². The van der Waals surface area contributed by atoms with Crippen molar-refractivity contribution >= 4 is 60.8 Å². The van der Waals surface area contributed by atoms with Gasteiger partial charge < -0.3 is 0 Å². The Hall–Kier alpha value is -0.350. The molecule has 0 aliphatic rings. The van der Waals surface area contributed by atoms with Crippen LogP contribution in [0.3, 0.4) is 0 Å². The number of carbonyl (C=O) groups is 1. The number of rotatable bonds is 3. The van der Waals surface area contributed by atoms with E-state index in [0.29, 0.717) is 26.5 Å². The molecule has 0 radical (unpaired) electrons. The van der Waals surface area contributed by atoms with Crippen LogP contribution >= 0.6 is 55.1 Å². The highest BCUT2D eigenvalue weighted by molar-refractivity contribution is 9.10. The van der Waals surface area contributed by atoms with E-state index in [0.717, 1.165) is 10.0 Å². The molecule has 5 heteroatoms. The van der Waals surface area contributed by atoms with Gasteiger partial charge in [-0.05, 0) is 42.0 Å². The molecule has 0 aliphatic carbocycles. The zero-order chi connectivity index (χ0) is 14.0. The lowest BCUT2D eigenvalue weighted by Gasteiger charge is -2.08. The van der Waals surface area contributed by atoms with Gasteiger partial charge in [-0.25, -0.2) is 0 Å². The first-order valence-corrected chi connectivity index (χ1v) is 8.04. The van der Waals surface area contributed by atoms with Crippen molar-refractivity contribution in [3.05, 3.63) is 67.6 Å². The molecule has 0 unspecified atom stereocenters. The predicted molar refractivity (Wildman–Crippen MR) is 86.7 cm³/mol. The summed E-state index contributed by atoms with van der Waals surface area (Å²) in [4.78, 5) is 12.4. The van der Waals surface area contributed by atoms with Crippen LogP contribution in [0.4, 0.5) is 0 Å². The van der Waals surface area contributed by atoms with Gasteiger partial charge in [0.1, 0.15) is 0 Å². The number of halogens is 4. The molecule has 0 aromatic heterocycles. The summed E-state index contributed by atoms with van der Waals surface area (Å²) in [5.41, 5.74) is 1.83. The van der Waals surface area contributed by atoms with E-state index in [1.54, 1.807) is 24.3 Å². The Balaban J connectivity index is 2.47. The second kappa shape index (κ2) is 6.40. The SMILES string of the molecule is O=C(c1ccc(Br)cc1)c1c(Cl)cc(CBr)cc1Cl. The molecular formula is C14H8Br2Cl2O. The monoisotopic (exact) mass is 420 g/mol. The molecule has 0 spiro atoms. The molecule has 0 saturated heterocycles. The first kappa shape index (κ1) is 15.0. The fraction of sp³-hybridized carbons (Fsp3) is 0.0714. The van der Waals surface area contributed by atoms with Crippen LogP contribution in [0.5, 0.6) is 0 Å². The van der Waals surface area contributed by atoms with Gasteiger partial charge in [-0.1, -0.05) is 55.1 Å². The van der Waals surface area contributed by atoms with Crippen molar-refractivity contribution in [3.63, 3.8) is 0 Å². The van der Waals surface area contributed by atoms with Crippen LogP contribution in [0.2, 0.25) is 10.0 Å². The molecule has 2 rings (SSSR count). The van der Waals surface area contributed by atoms with Crippen molar-refractivity contribution in [3.8, 4) is 0 Å². The maximum atomic E-state index is 12.4. The average molecular weight is 423 g/mol. The zero-order valence-corrected chi connectivity index (χ0v) is 14.3. The molecule has 98 valence electrons. The van der Waals surface area contributed by atoms with Crippen molar-refractivity contribution in [2.24, 2.45) is 0 Å². The number of alkyl halides is 1. The Morgan fingerprint density at radius 3 is 2.05 bits per heavy atom. The van der Waals surface area contributed by atoms with E-state index in [9.17, 15) is 4.79 Å². The summed E-state index contributed by atoms with van der Waals surface area (Å²) in [6.45, 7) is 0. The summed E-state index contributed by atoms with van der Waals surface area (Å²) < 4.78 is 0.913. The fourth-order valence-corrected chi connectivity index (χ4v) is 2.96. The maximum Gasteiger partial charge on any atom is 0.196 e. The lowest BCUT2D eigenvalue weighted by atomic mass is 10.0. The van der Waals surface area contributed by atoms with Gasteiger partial charge in [-0.15, -0.1) is 0 Å². The number of ketones is 1. The van der Waals surface area contributed by atoms with Crippen molar-refractivity contribution < 1.29 is 4.79 Å². The van der Waals surface area contributed by atoms with Crippen molar-refractivity contribution in [1.82, 2.24) is 0 Å². The lowest BCUT2D eigenvalue weighted by Crippen LogP contribution is -2.03. The quantitative estimate of drug-likeness (QED) is 0.445. The Morgan fingerprint density at radius 1 is 1.05 bits per heavy atom. The number of carbonyl (C=O) groups excluding carboxylic acids is 1. The first-order chi connectivity index (χ1) is 9.02. The predicted octanol–water partition coefficient (Wildman–Crippen LogP) is 5.88. The minimum Gasteiger partial charge on any atom is -0.288 e. The summed E-state index contributed by atoms with van der Waals surface area (Å²) >= 11 is 19.0. The van der Waals surface area contributed by atoms with Crippen LogP contribution in [-0.2, 0) is 5.33 Å². The maximum absolute atomic E-state index is 12.4. The third-order valence-electron chi connectivity index (χ3n) is 2.59. The van der Waals surface area contributed by atoms with Crippen LogP contribution in [0.25, 0.3) is 0 Å². The second-order valence-corrected chi connectivity index (χ2v) is 6.19. The van der Waals surface area contributed by atoms with Crippen molar-refractivity contribution in [1.29, 1.82) is 0 Å². The summed E-state index contributed by atoms with van der Waals surface area (Å²) in [7, 11) is 0. The normalized spacial score (nSPS) is 10.5. The molecule has 0 fully saturated rings. The largest absolute Gasteiger partial charge is 0.288 e. The Kier molecular flexibility index (Phi) is 5.07. The van der Waals surface area contributed by atoms with Crippen LogP contribution in [0.15, 0.2) is 40.9 Å². The van der Waals surface area contributed by atoms with Gasteiger partial charge in [0.15, 0.2) is 5.78 Å². The summed E-state index contributed by atoms with van der Waals surface area (Å²) in [5, 5.41) is 1.38. The van der Waals surface area contributed by atoms with Crippen LogP contribution in [0, 0.1) is 0 Å². The molecule has 0 bridgehead atoms. The van der Waals surface area contributed by atoms with Gasteiger partial charge in [0.2, 0.25) is 0 Å². The molecule has 2 aromatic carbocycles. The summed E-state index contributed by atoms with van der Waals surface area (Å²) in [6, 6.07) is 10.6. The van der Waals surface area contributed by atoms with Crippen molar-refractivity contribution in [2.45, 2.75) is 5.33 Å². The summed E-state index contributed by atoms with van der Waals surface area (Å²) in [6.07, 6.45) is 0.